The second kappa shape index (κ2) is 7.00. The molecule has 3 atom stereocenters. The van der Waals surface area contributed by atoms with E-state index in [1.54, 1.807) is 6.20 Å². The van der Waals surface area contributed by atoms with E-state index < -0.39 is 0 Å². The Kier molecular flexibility index (Phi) is 4.57. The number of aryl methyl sites for hydroxylation is 1. The van der Waals surface area contributed by atoms with Crippen molar-refractivity contribution in [3.8, 4) is 0 Å². The van der Waals surface area contributed by atoms with E-state index in [-0.39, 0.29) is 17.9 Å². The van der Waals surface area contributed by atoms with Crippen LogP contribution in [0.5, 0.6) is 0 Å². The van der Waals surface area contributed by atoms with Gasteiger partial charge < -0.3 is 10.6 Å². The Bertz CT molecular complexity index is 754. The maximum atomic E-state index is 12.7. The molecule has 0 saturated carbocycles. The Balaban J connectivity index is 1.54. The van der Waals surface area contributed by atoms with Crippen LogP contribution in [0.4, 0.5) is 5.82 Å². The number of nitrogens with zero attached hydrogens (tertiary/aromatic N) is 2. The molecule has 1 aromatic heterocycles. The third kappa shape index (κ3) is 3.33. The lowest BCUT2D eigenvalue weighted by molar-refractivity contribution is -0.120. The van der Waals surface area contributed by atoms with Crippen molar-refractivity contribution in [1.29, 1.82) is 0 Å². The summed E-state index contributed by atoms with van der Waals surface area (Å²) >= 11 is 0. The Morgan fingerprint density at radius 3 is 3.04 bits per heavy atom. The number of benzene rings is 1. The summed E-state index contributed by atoms with van der Waals surface area (Å²) in [6.07, 6.45) is 6.93. The Labute approximate surface area is 148 Å². The fourth-order valence-electron chi connectivity index (χ4n) is 4.24. The zero-order valence-corrected chi connectivity index (χ0v) is 14.7. The van der Waals surface area contributed by atoms with Gasteiger partial charge in [0.25, 0.3) is 0 Å². The topological polar surface area (TPSA) is 59.0 Å². The van der Waals surface area contributed by atoms with Crippen molar-refractivity contribution in [2.24, 2.45) is 5.92 Å². The average Bonchev–Trinajstić information content (AvgIpc) is 3.09. The minimum Gasteiger partial charge on any atom is -0.314 e. The fraction of sp³-hybridized carbons (Fsp3) is 0.500. The number of hydrogen-bond donors (Lipinski definition) is 2. The Hall–Kier alpha value is -2.14. The van der Waals surface area contributed by atoms with Gasteiger partial charge in [-0.1, -0.05) is 24.3 Å². The highest BCUT2D eigenvalue weighted by atomic mass is 16.2. The first kappa shape index (κ1) is 16.3. The van der Waals surface area contributed by atoms with Crippen molar-refractivity contribution in [1.82, 2.24) is 15.1 Å². The Morgan fingerprint density at radius 2 is 2.16 bits per heavy atom. The molecule has 1 saturated heterocycles. The van der Waals surface area contributed by atoms with E-state index in [2.05, 4.69) is 46.9 Å². The van der Waals surface area contributed by atoms with Crippen molar-refractivity contribution >= 4 is 11.7 Å². The van der Waals surface area contributed by atoms with Crippen molar-refractivity contribution < 1.29 is 4.79 Å². The van der Waals surface area contributed by atoms with Crippen LogP contribution in [-0.2, 0) is 11.2 Å². The molecule has 5 heteroatoms. The van der Waals surface area contributed by atoms with Crippen LogP contribution in [0, 0.1) is 5.92 Å². The number of nitrogens with one attached hydrogen (secondary N) is 2. The maximum Gasteiger partial charge on any atom is 0.228 e. The van der Waals surface area contributed by atoms with Gasteiger partial charge in [-0.05, 0) is 56.7 Å². The van der Waals surface area contributed by atoms with E-state index in [1.165, 1.54) is 11.1 Å². The summed E-state index contributed by atoms with van der Waals surface area (Å²) in [5.41, 5.74) is 2.74. The van der Waals surface area contributed by atoms with Crippen LogP contribution in [0.15, 0.2) is 36.5 Å². The summed E-state index contributed by atoms with van der Waals surface area (Å²) in [5, 5.41) is 11.1. The third-order valence-corrected chi connectivity index (χ3v) is 5.55. The molecule has 1 aliphatic heterocycles. The molecule has 2 aromatic rings. The van der Waals surface area contributed by atoms with Gasteiger partial charge in [-0.2, -0.15) is 5.10 Å². The van der Waals surface area contributed by atoms with Crippen molar-refractivity contribution in [3.05, 3.63) is 47.7 Å². The quantitative estimate of drug-likeness (QED) is 0.904. The summed E-state index contributed by atoms with van der Waals surface area (Å²) < 4.78 is 2.00. The van der Waals surface area contributed by atoms with Crippen LogP contribution < -0.4 is 10.6 Å². The first-order valence-electron chi connectivity index (χ1n) is 9.38. The largest absolute Gasteiger partial charge is 0.314 e. The smallest absolute Gasteiger partial charge is 0.228 e. The number of amides is 1. The molecular weight excluding hydrogens is 312 g/mol. The first-order valence-corrected chi connectivity index (χ1v) is 9.38. The summed E-state index contributed by atoms with van der Waals surface area (Å²) in [5.74, 6) is 1.02. The molecular formula is C20H26N4O. The molecule has 5 nitrogen and oxygen atoms in total. The molecule has 2 aliphatic rings. The molecule has 4 rings (SSSR count). The molecule has 2 N–H and O–H groups in total. The van der Waals surface area contributed by atoms with Gasteiger partial charge in [0.05, 0.1) is 12.2 Å². The Morgan fingerprint density at radius 1 is 1.28 bits per heavy atom. The average molecular weight is 338 g/mol. The number of piperidine rings is 1. The zero-order chi connectivity index (χ0) is 17.2. The third-order valence-electron chi connectivity index (χ3n) is 5.55. The molecule has 0 bridgehead atoms. The van der Waals surface area contributed by atoms with E-state index >= 15 is 0 Å². The van der Waals surface area contributed by atoms with Crippen molar-refractivity contribution in [2.75, 3.05) is 11.9 Å². The second-order valence-electron chi connectivity index (χ2n) is 7.33. The molecule has 132 valence electrons. The van der Waals surface area contributed by atoms with Gasteiger partial charge in [0.15, 0.2) is 0 Å². The molecule has 1 amide bonds. The van der Waals surface area contributed by atoms with E-state index in [9.17, 15) is 4.79 Å². The number of hydrogen-bond acceptors (Lipinski definition) is 3. The van der Waals surface area contributed by atoms with Gasteiger partial charge in [0, 0.05) is 18.0 Å². The summed E-state index contributed by atoms with van der Waals surface area (Å²) in [6, 6.07) is 11.1. The minimum atomic E-state index is 0.0817. The van der Waals surface area contributed by atoms with Crippen LogP contribution in [0.2, 0.25) is 0 Å². The van der Waals surface area contributed by atoms with Gasteiger partial charge in [0.1, 0.15) is 5.82 Å². The minimum absolute atomic E-state index is 0.0817. The maximum absolute atomic E-state index is 12.7. The van der Waals surface area contributed by atoms with E-state index in [1.807, 2.05) is 10.7 Å². The van der Waals surface area contributed by atoms with E-state index in [4.69, 9.17) is 0 Å². The molecule has 0 radical (unpaired) electrons. The highest BCUT2D eigenvalue weighted by Crippen LogP contribution is 2.34. The number of aromatic nitrogens is 2. The van der Waals surface area contributed by atoms with Crippen molar-refractivity contribution in [3.63, 3.8) is 0 Å². The number of anilines is 1. The SMILES string of the molecule is C[C@H]1C[C@@H](C(=O)Nc2ccnn2C2CCCc3ccccc32)CCN1. The highest BCUT2D eigenvalue weighted by molar-refractivity contribution is 5.91. The molecule has 2 heterocycles. The van der Waals surface area contributed by atoms with Gasteiger partial charge in [-0.3, -0.25) is 4.79 Å². The van der Waals surface area contributed by atoms with Crippen LogP contribution in [0.25, 0.3) is 0 Å². The predicted molar refractivity (Wildman–Crippen MR) is 98.6 cm³/mol. The molecule has 1 aromatic carbocycles. The zero-order valence-electron chi connectivity index (χ0n) is 14.7. The van der Waals surface area contributed by atoms with Crippen LogP contribution in [-0.4, -0.2) is 28.3 Å². The molecule has 1 unspecified atom stereocenters. The summed E-state index contributed by atoms with van der Waals surface area (Å²) in [7, 11) is 0. The number of fused-ring (bicyclic) bond motifs is 1. The standard InChI is InChI=1S/C20H26N4O/c1-14-13-16(9-11-21-14)20(25)23-19-10-12-22-24(19)18-8-4-6-15-5-2-3-7-17(15)18/h2-3,5,7,10,12,14,16,18,21H,4,6,8-9,11,13H2,1H3,(H,23,25)/t14-,16-,18?/m0/s1. The lowest BCUT2D eigenvalue weighted by Gasteiger charge is -2.29. The second-order valence-corrected chi connectivity index (χ2v) is 7.33. The molecule has 0 spiro atoms. The number of rotatable bonds is 3. The van der Waals surface area contributed by atoms with E-state index in [0.717, 1.165) is 44.5 Å². The summed E-state index contributed by atoms with van der Waals surface area (Å²) in [4.78, 5) is 12.7. The molecule has 25 heavy (non-hydrogen) atoms. The predicted octanol–water partition coefficient (Wildman–Crippen LogP) is 3.14. The van der Waals surface area contributed by atoms with Gasteiger partial charge in [-0.15, -0.1) is 0 Å². The highest BCUT2D eigenvalue weighted by Gasteiger charge is 2.27. The number of carbonyl (C=O) groups excluding carboxylic acids is 1. The van der Waals surface area contributed by atoms with Crippen LogP contribution in [0.3, 0.4) is 0 Å². The normalized spacial score (nSPS) is 26.0. The van der Waals surface area contributed by atoms with Crippen LogP contribution >= 0.6 is 0 Å². The van der Waals surface area contributed by atoms with Crippen molar-refractivity contribution in [2.45, 2.75) is 51.1 Å². The van der Waals surface area contributed by atoms with Gasteiger partial charge in [0.2, 0.25) is 5.91 Å². The van der Waals surface area contributed by atoms with Gasteiger partial charge in [-0.25, -0.2) is 4.68 Å². The lowest BCUT2D eigenvalue weighted by atomic mass is 9.88. The number of carbonyl (C=O) groups is 1. The molecule has 1 aliphatic carbocycles. The lowest BCUT2D eigenvalue weighted by Crippen LogP contribution is -2.40. The van der Waals surface area contributed by atoms with E-state index in [0.29, 0.717) is 6.04 Å². The fourth-order valence-corrected chi connectivity index (χ4v) is 4.24. The molecule has 1 fully saturated rings. The monoisotopic (exact) mass is 338 g/mol. The van der Waals surface area contributed by atoms with Gasteiger partial charge >= 0.3 is 0 Å². The summed E-state index contributed by atoms with van der Waals surface area (Å²) in [6.45, 7) is 3.05. The first-order chi connectivity index (χ1) is 12.2. The van der Waals surface area contributed by atoms with Crippen LogP contribution in [0.1, 0.15) is 49.8 Å².